The number of halogens is 2. The number of nitrogens with zero attached hydrogens (tertiary/aromatic N) is 1. The fourth-order valence-electron chi connectivity index (χ4n) is 1.85. The Kier molecular flexibility index (Phi) is 7.13. The summed E-state index contributed by atoms with van der Waals surface area (Å²) in [6.07, 6.45) is 0. The summed E-state index contributed by atoms with van der Waals surface area (Å²) in [5, 5.41) is 6.47. The van der Waals surface area contributed by atoms with Gasteiger partial charge in [0.05, 0.1) is 10.7 Å². The minimum Gasteiger partial charge on any atom is -0.337 e. The van der Waals surface area contributed by atoms with E-state index in [2.05, 4.69) is 36.3 Å². The van der Waals surface area contributed by atoms with Crippen molar-refractivity contribution in [2.75, 3.05) is 25.0 Å². The highest BCUT2D eigenvalue weighted by Crippen LogP contribution is 2.25. The summed E-state index contributed by atoms with van der Waals surface area (Å²) >= 11 is 11.8. The molecule has 2 amide bonds. The van der Waals surface area contributed by atoms with Crippen molar-refractivity contribution < 1.29 is 4.79 Å². The first-order chi connectivity index (χ1) is 9.43. The molecule has 4 nitrogen and oxygen atoms in total. The maximum atomic E-state index is 11.8. The lowest BCUT2D eigenvalue weighted by Crippen LogP contribution is -2.39. The highest BCUT2D eigenvalue weighted by Gasteiger charge is 2.08. The Hall–Kier alpha value is -0.970. The van der Waals surface area contributed by atoms with Crippen molar-refractivity contribution in [1.29, 1.82) is 0 Å². The van der Waals surface area contributed by atoms with Crippen LogP contribution in [0.1, 0.15) is 20.8 Å². The van der Waals surface area contributed by atoms with Crippen LogP contribution in [0.4, 0.5) is 10.5 Å². The van der Waals surface area contributed by atoms with Gasteiger partial charge < -0.3 is 10.6 Å². The molecule has 0 bridgehead atoms. The van der Waals surface area contributed by atoms with Crippen molar-refractivity contribution in [3.8, 4) is 0 Å². The van der Waals surface area contributed by atoms with Gasteiger partial charge in [-0.3, -0.25) is 4.90 Å². The zero-order valence-electron chi connectivity index (χ0n) is 12.0. The van der Waals surface area contributed by atoms with Crippen LogP contribution in [0.15, 0.2) is 18.2 Å². The number of nitrogens with one attached hydrogen (secondary N) is 2. The maximum absolute atomic E-state index is 11.8. The number of urea groups is 1. The number of anilines is 1. The Balaban J connectivity index is 2.40. The minimum atomic E-state index is -0.269. The largest absolute Gasteiger partial charge is 0.337 e. The molecule has 0 heterocycles. The molecule has 1 rings (SSSR count). The summed E-state index contributed by atoms with van der Waals surface area (Å²) in [7, 11) is 0. The van der Waals surface area contributed by atoms with E-state index < -0.39 is 0 Å². The molecule has 6 heteroatoms. The Morgan fingerprint density at radius 2 is 2.05 bits per heavy atom. The smallest absolute Gasteiger partial charge is 0.319 e. The van der Waals surface area contributed by atoms with Gasteiger partial charge in [0.1, 0.15) is 0 Å². The van der Waals surface area contributed by atoms with E-state index in [4.69, 9.17) is 23.2 Å². The third-order valence-corrected chi connectivity index (χ3v) is 3.55. The van der Waals surface area contributed by atoms with Gasteiger partial charge in [-0.25, -0.2) is 4.79 Å². The molecule has 20 heavy (non-hydrogen) atoms. The van der Waals surface area contributed by atoms with Crippen molar-refractivity contribution in [2.24, 2.45) is 0 Å². The van der Waals surface area contributed by atoms with E-state index >= 15 is 0 Å². The quantitative estimate of drug-likeness (QED) is 0.837. The van der Waals surface area contributed by atoms with Gasteiger partial charge >= 0.3 is 6.03 Å². The van der Waals surface area contributed by atoms with Gasteiger partial charge in [-0.2, -0.15) is 0 Å². The summed E-state index contributed by atoms with van der Waals surface area (Å²) in [5.74, 6) is 0. The number of rotatable bonds is 6. The molecule has 0 radical (unpaired) electrons. The molecular weight excluding hydrogens is 297 g/mol. The zero-order chi connectivity index (χ0) is 15.1. The lowest BCUT2D eigenvalue weighted by Gasteiger charge is -2.24. The number of hydrogen-bond donors (Lipinski definition) is 2. The minimum absolute atomic E-state index is 0.269. The molecule has 112 valence electrons. The molecule has 1 aromatic carbocycles. The number of carbonyl (C=O) groups is 1. The average molecular weight is 318 g/mol. The first-order valence-electron chi connectivity index (χ1n) is 6.68. The molecule has 2 N–H and O–H groups in total. The van der Waals surface area contributed by atoms with Gasteiger partial charge in [0, 0.05) is 24.2 Å². The van der Waals surface area contributed by atoms with Crippen molar-refractivity contribution in [3.63, 3.8) is 0 Å². The van der Waals surface area contributed by atoms with Crippen molar-refractivity contribution in [1.82, 2.24) is 10.2 Å². The van der Waals surface area contributed by atoms with Gasteiger partial charge in [-0.15, -0.1) is 0 Å². The maximum Gasteiger partial charge on any atom is 0.319 e. The van der Waals surface area contributed by atoms with E-state index in [0.717, 1.165) is 13.1 Å². The Bertz CT molecular complexity index is 452. The van der Waals surface area contributed by atoms with Gasteiger partial charge in [-0.1, -0.05) is 30.1 Å². The second-order valence-electron chi connectivity index (χ2n) is 4.73. The molecule has 0 aliphatic heterocycles. The highest BCUT2D eigenvalue weighted by molar-refractivity contribution is 6.36. The monoisotopic (exact) mass is 317 g/mol. The van der Waals surface area contributed by atoms with Crippen LogP contribution >= 0.6 is 23.2 Å². The summed E-state index contributed by atoms with van der Waals surface area (Å²) in [6, 6.07) is 5.15. The summed E-state index contributed by atoms with van der Waals surface area (Å²) in [6.45, 7) is 8.74. The first-order valence-corrected chi connectivity index (χ1v) is 7.43. The molecule has 0 fully saturated rings. The van der Waals surface area contributed by atoms with Crippen LogP contribution in [0, 0.1) is 0 Å². The Morgan fingerprint density at radius 3 is 2.60 bits per heavy atom. The van der Waals surface area contributed by atoms with Crippen molar-refractivity contribution in [3.05, 3.63) is 28.2 Å². The average Bonchev–Trinajstić information content (AvgIpc) is 2.37. The standard InChI is InChI=1S/C14H21Cl2N3O/c1-4-19(10(2)3)8-7-17-14(20)18-13-6-5-11(15)9-12(13)16/h5-6,9-10H,4,7-8H2,1-3H3,(H2,17,18,20). The van der Waals surface area contributed by atoms with Crippen LogP contribution in [-0.2, 0) is 0 Å². The third kappa shape index (κ3) is 5.57. The SMILES string of the molecule is CCN(CCNC(=O)Nc1ccc(Cl)cc1Cl)C(C)C. The van der Waals surface area contributed by atoms with Crippen LogP contribution < -0.4 is 10.6 Å². The topological polar surface area (TPSA) is 44.4 Å². The Morgan fingerprint density at radius 1 is 1.35 bits per heavy atom. The van der Waals surface area contributed by atoms with Crippen LogP contribution in [0.5, 0.6) is 0 Å². The summed E-state index contributed by atoms with van der Waals surface area (Å²) < 4.78 is 0. The molecule has 0 saturated carbocycles. The van der Waals surface area contributed by atoms with Crippen LogP contribution in [0.25, 0.3) is 0 Å². The molecule has 1 aromatic rings. The zero-order valence-corrected chi connectivity index (χ0v) is 13.6. The van der Waals surface area contributed by atoms with Gasteiger partial charge in [0.15, 0.2) is 0 Å². The van der Waals surface area contributed by atoms with E-state index in [1.807, 2.05) is 0 Å². The van der Waals surface area contributed by atoms with E-state index in [-0.39, 0.29) is 6.03 Å². The molecular formula is C14H21Cl2N3O. The van der Waals surface area contributed by atoms with Gasteiger partial charge in [0.2, 0.25) is 0 Å². The predicted molar refractivity (Wildman–Crippen MR) is 85.9 cm³/mol. The summed E-state index contributed by atoms with van der Waals surface area (Å²) in [4.78, 5) is 14.0. The summed E-state index contributed by atoms with van der Waals surface area (Å²) in [5.41, 5.74) is 0.546. The van der Waals surface area contributed by atoms with Crippen LogP contribution in [0.2, 0.25) is 10.0 Å². The number of carbonyl (C=O) groups excluding carboxylic acids is 1. The lowest BCUT2D eigenvalue weighted by molar-refractivity contribution is 0.227. The Labute approximate surface area is 130 Å². The lowest BCUT2D eigenvalue weighted by atomic mass is 10.3. The van der Waals surface area contributed by atoms with Crippen LogP contribution in [0.3, 0.4) is 0 Å². The van der Waals surface area contributed by atoms with E-state index in [0.29, 0.717) is 28.3 Å². The fourth-order valence-corrected chi connectivity index (χ4v) is 2.31. The van der Waals surface area contributed by atoms with Gasteiger partial charge in [-0.05, 0) is 38.6 Å². The van der Waals surface area contributed by atoms with Crippen LogP contribution in [-0.4, -0.2) is 36.6 Å². The first kappa shape index (κ1) is 17.1. The molecule has 0 aromatic heterocycles. The number of hydrogen-bond acceptors (Lipinski definition) is 2. The highest BCUT2D eigenvalue weighted by atomic mass is 35.5. The molecule has 0 unspecified atom stereocenters. The fraction of sp³-hybridized carbons (Fsp3) is 0.500. The van der Waals surface area contributed by atoms with Gasteiger partial charge in [0.25, 0.3) is 0 Å². The molecule has 0 atom stereocenters. The molecule has 0 aliphatic carbocycles. The second kappa shape index (κ2) is 8.35. The third-order valence-electron chi connectivity index (χ3n) is 3.00. The molecule has 0 spiro atoms. The second-order valence-corrected chi connectivity index (χ2v) is 5.57. The molecule has 0 aliphatic rings. The van der Waals surface area contributed by atoms with E-state index in [1.54, 1.807) is 18.2 Å². The normalized spacial score (nSPS) is 10.9. The number of amides is 2. The predicted octanol–water partition coefficient (Wildman–Crippen LogP) is 3.85. The number of likely N-dealkylation sites (N-methyl/N-ethyl adjacent to an activating group) is 1. The molecule has 0 saturated heterocycles. The van der Waals surface area contributed by atoms with E-state index in [1.165, 1.54) is 0 Å². The van der Waals surface area contributed by atoms with E-state index in [9.17, 15) is 4.79 Å². The van der Waals surface area contributed by atoms with Crippen molar-refractivity contribution >= 4 is 34.9 Å². The van der Waals surface area contributed by atoms with Crippen molar-refractivity contribution in [2.45, 2.75) is 26.8 Å². The number of benzene rings is 1.